The average Bonchev–Trinajstić information content (AvgIpc) is 2.78. The lowest BCUT2D eigenvalue weighted by atomic mass is 9.96. The quantitative estimate of drug-likeness (QED) is 0.743. The Morgan fingerprint density at radius 2 is 1.60 bits per heavy atom. The zero-order valence-electron chi connectivity index (χ0n) is 8.75. The highest BCUT2D eigenvalue weighted by molar-refractivity contribution is 5.22. The maximum Gasteiger partial charge on any atom is 0.123 e. The van der Waals surface area contributed by atoms with Crippen molar-refractivity contribution >= 4 is 0 Å². The van der Waals surface area contributed by atoms with Gasteiger partial charge in [-0.25, -0.2) is 4.39 Å². The summed E-state index contributed by atoms with van der Waals surface area (Å²) >= 11 is 0. The fourth-order valence-corrected chi connectivity index (χ4v) is 3.17. The first-order chi connectivity index (χ1) is 7.33. The second kappa shape index (κ2) is 3.60. The van der Waals surface area contributed by atoms with Gasteiger partial charge in [0.05, 0.1) is 0 Å². The molecule has 2 fully saturated rings. The van der Waals surface area contributed by atoms with Crippen LogP contribution in [0.25, 0.3) is 0 Å². The summed E-state index contributed by atoms with van der Waals surface area (Å²) < 4.78 is 12.8. The first kappa shape index (κ1) is 9.34. The highest BCUT2D eigenvalue weighted by Crippen LogP contribution is 2.43. The minimum absolute atomic E-state index is 0.126. The van der Waals surface area contributed by atoms with Crippen LogP contribution in [0.2, 0.25) is 0 Å². The standard InChI is InChI=1S/C13H16FN/c14-13-3-1-9(2-4-13)10-5-11-7-15-8-12(11)6-10/h1-4,10-12,15H,5-8H2/t11-,12-/m0/s1. The summed E-state index contributed by atoms with van der Waals surface area (Å²) in [5.41, 5.74) is 1.32. The third kappa shape index (κ3) is 1.67. The normalized spacial score (nSPS) is 30.7. The van der Waals surface area contributed by atoms with Gasteiger partial charge in [0, 0.05) is 0 Å². The van der Waals surface area contributed by atoms with Crippen LogP contribution in [0.4, 0.5) is 4.39 Å². The van der Waals surface area contributed by atoms with Crippen LogP contribution in [-0.2, 0) is 0 Å². The Bertz CT molecular complexity index is 334. The zero-order chi connectivity index (χ0) is 10.3. The van der Waals surface area contributed by atoms with Crippen LogP contribution in [0.1, 0.15) is 24.3 Å². The molecule has 0 unspecified atom stereocenters. The number of benzene rings is 1. The molecule has 2 atom stereocenters. The summed E-state index contributed by atoms with van der Waals surface area (Å²) in [5.74, 6) is 2.27. The van der Waals surface area contributed by atoms with Gasteiger partial charge in [-0.3, -0.25) is 0 Å². The molecule has 1 aromatic rings. The van der Waals surface area contributed by atoms with Crippen molar-refractivity contribution in [1.82, 2.24) is 5.32 Å². The van der Waals surface area contributed by atoms with Crippen molar-refractivity contribution in [2.75, 3.05) is 13.1 Å². The van der Waals surface area contributed by atoms with Gasteiger partial charge in [0.15, 0.2) is 0 Å². The third-order valence-electron chi connectivity index (χ3n) is 4.00. The highest BCUT2D eigenvalue weighted by Gasteiger charge is 2.37. The van der Waals surface area contributed by atoms with E-state index in [2.05, 4.69) is 5.32 Å². The lowest BCUT2D eigenvalue weighted by Gasteiger charge is -2.11. The van der Waals surface area contributed by atoms with Crippen LogP contribution in [0.15, 0.2) is 24.3 Å². The van der Waals surface area contributed by atoms with E-state index in [0.29, 0.717) is 5.92 Å². The Kier molecular flexibility index (Phi) is 2.24. The van der Waals surface area contributed by atoms with Gasteiger partial charge in [-0.15, -0.1) is 0 Å². The molecule has 1 aliphatic carbocycles. The predicted octanol–water partition coefficient (Wildman–Crippen LogP) is 2.54. The summed E-state index contributed by atoms with van der Waals surface area (Å²) in [7, 11) is 0. The molecule has 1 heterocycles. The smallest absolute Gasteiger partial charge is 0.123 e. The second-order valence-electron chi connectivity index (χ2n) is 4.90. The minimum atomic E-state index is -0.126. The van der Waals surface area contributed by atoms with Crippen LogP contribution in [0.5, 0.6) is 0 Å². The Labute approximate surface area is 89.7 Å². The van der Waals surface area contributed by atoms with Crippen molar-refractivity contribution in [3.8, 4) is 0 Å². The fraction of sp³-hybridized carbons (Fsp3) is 0.538. The molecular weight excluding hydrogens is 189 g/mol. The van der Waals surface area contributed by atoms with Gasteiger partial charge < -0.3 is 5.32 Å². The summed E-state index contributed by atoms with van der Waals surface area (Å²) in [4.78, 5) is 0. The molecule has 0 aromatic heterocycles. The maximum absolute atomic E-state index is 12.8. The van der Waals surface area contributed by atoms with Crippen LogP contribution < -0.4 is 5.32 Å². The van der Waals surface area contributed by atoms with Crippen molar-refractivity contribution in [1.29, 1.82) is 0 Å². The molecule has 1 saturated carbocycles. The molecule has 1 aliphatic heterocycles. The van der Waals surface area contributed by atoms with E-state index >= 15 is 0 Å². The van der Waals surface area contributed by atoms with Gasteiger partial charge >= 0.3 is 0 Å². The van der Waals surface area contributed by atoms with Gasteiger partial charge in [0.1, 0.15) is 5.82 Å². The van der Waals surface area contributed by atoms with E-state index in [-0.39, 0.29) is 5.82 Å². The molecule has 0 amide bonds. The highest BCUT2D eigenvalue weighted by atomic mass is 19.1. The van der Waals surface area contributed by atoms with E-state index in [1.807, 2.05) is 12.1 Å². The zero-order valence-corrected chi connectivity index (χ0v) is 8.75. The molecule has 1 nitrogen and oxygen atoms in total. The Morgan fingerprint density at radius 1 is 1.00 bits per heavy atom. The van der Waals surface area contributed by atoms with E-state index in [0.717, 1.165) is 11.8 Å². The summed E-state index contributed by atoms with van der Waals surface area (Å²) in [5, 5.41) is 3.45. The van der Waals surface area contributed by atoms with Gasteiger partial charge in [0.25, 0.3) is 0 Å². The number of nitrogens with one attached hydrogen (secondary N) is 1. The van der Waals surface area contributed by atoms with Crippen LogP contribution in [0.3, 0.4) is 0 Å². The first-order valence-corrected chi connectivity index (χ1v) is 5.79. The molecule has 1 N–H and O–H groups in total. The van der Waals surface area contributed by atoms with Crippen LogP contribution in [0, 0.1) is 17.7 Å². The number of hydrogen-bond acceptors (Lipinski definition) is 1. The summed E-state index contributed by atoms with van der Waals surface area (Å²) in [6, 6.07) is 7.08. The molecule has 1 aromatic carbocycles. The van der Waals surface area contributed by atoms with E-state index in [4.69, 9.17) is 0 Å². The molecule has 1 saturated heterocycles. The van der Waals surface area contributed by atoms with Gasteiger partial charge in [-0.2, -0.15) is 0 Å². The Hall–Kier alpha value is -0.890. The number of hydrogen-bond donors (Lipinski definition) is 1. The summed E-state index contributed by atoms with van der Waals surface area (Å²) in [6.45, 7) is 2.37. The van der Waals surface area contributed by atoms with Crippen LogP contribution >= 0.6 is 0 Å². The monoisotopic (exact) mass is 205 g/mol. The molecule has 0 spiro atoms. The lowest BCUT2D eigenvalue weighted by Crippen LogP contribution is -2.11. The predicted molar refractivity (Wildman–Crippen MR) is 58.2 cm³/mol. The fourth-order valence-electron chi connectivity index (χ4n) is 3.17. The Morgan fingerprint density at radius 3 is 2.20 bits per heavy atom. The molecule has 2 heteroatoms. The maximum atomic E-state index is 12.8. The number of fused-ring (bicyclic) bond motifs is 1. The van der Waals surface area contributed by atoms with Gasteiger partial charge in [-0.1, -0.05) is 12.1 Å². The number of halogens is 1. The SMILES string of the molecule is Fc1ccc(C2C[C@H]3CNC[C@@H]3C2)cc1. The average molecular weight is 205 g/mol. The van der Waals surface area contributed by atoms with Gasteiger partial charge in [0.2, 0.25) is 0 Å². The largest absolute Gasteiger partial charge is 0.316 e. The van der Waals surface area contributed by atoms with E-state index in [1.54, 1.807) is 12.1 Å². The molecule has 0 bridgehead atoms. The summed E-state index contributed by atoms with van der Waals surface area (Å²) in [6.07, 6.45) is 2.56. The van der Waals surface area contributed by atoms with Crippen molar-refractivity contribution < 1.29 is 4.39 Å². The van der Waals surface area contributed by atoms with Crippen molar-refractivity contribution in [2.24, 2.45) is 11.8 Å². The van der Waals surface area contributed by atoms with E-state index < -0.39 is 0 Å². The topological polar surface area (TPSA) is 12.0 Å². The molecule has 15 heavy (non-hydrogen) atoms. The molecular formula is C13H16FN. The second-order valence-corrected chi connectivity index (χ2v) is 4.90. The van der Waals surface area contributed by atoms with Crippen molar-refractivity contribution in [3.05, 3.63) is 35.6 Å². The lowest BCUT2D eigenvalue weighted by molar-refractivity contribution is 0.494. The van der Waals surface area contributed by atoms with E-state index in [1.165, 1.54) is 31.5 Å². The Balaban J connectivity index is 1.76. The van der Waals surface area contributed by atoms with E-state index in [9.17, 15) is 4.39 Å². The number of rotatable bonds is 1. The molecule has 0 radical (unpaired) electrons. The molecule has 2 aliphatic rings. The minimum Gasteiger partial charge on any atom is -0.316 e. The van der Waals surface area contributed by atoms with Crippen molar-refractivity contribution in [3.63, 3.8) is 0 Å². The van der Waals surface area contributed by atoms with Crippen LogP contribution in [-0.4, -0.2) is 13.1 Å². The first-order valence-electron chi connectivity index (χ1n) is 5.79. The molecule has 3 rings (SSSR count). The third-order valence-corrected chi connectivity index (χ3v) is 4.00. The van der Waals surface area contributed by atoms with Gasteiger partial charge in [-0.05, 0) is 61.4 Å². The molecule has 80 valence electrons. The van der Waals surface area contributed by atoms with Crippen molar-refractivity contribution in [2.45, 2.75) is 18.8 Å².